The lowest BCUT2D eigenvalue weighted by Gasteiger charge is -2.38. The first-order chi connectivity index (χ1) is 15.0. The summed E-state index contributed by atoms with van der Waals surface area (Å²) >= 11 is 5.89. The molecule has 2 unspecified atom stereocenters. The van der Waals surface area contributed by atoms with E-state index in [2.05, 4.69) is 24.1 Å². The number of likely N-dealkylation sites (tertiary alicyclic amines) is 1. The molecule has 0 bridgehead atoms. The number of methoxy groups -OCH3 is 1. The summed E-state index contributed by atoms with van der Waals surface area (Å²) in [5.41, 5.74) is 1.56. The zero-order chi connectivity index (χ0) is 22.2. The van der Waals surface area contributed by atoms with E-state index in [0.717, 1.165) is 12.1 Å². The molecule has 1 fully saturated rings. The van der Waals surface area contributed by atoms with E-state index in [-0.39, 0.29) is 5.91 Å². The molecule has 3 rings (SSSR count). The fourth-order valence-electron chi connectivity index (χ4n) is 3.97. The maximum atomic E-state index is 12.3. The summed E-state index contributed by atoms with van der Waals surface area (Å²) in [5, 5.41) is 3.53. The second-order valence-electron chi connectivity index (χ2n) is 7.96. The van der Waals surface area contributed by atoms with E-state index in [1.807, 2.05) is 12.1 Å². The van der Waals surface area contributed by atoms with Crippen LogP contribution < -0.4 is 14.8 Å². The third-order valence-corrected chi connectivity index (χ3v) is 5.96. The molecule has 1 amide bonds. The molecule has 2 aromatic carbocycles. The van der Waals surface area contributed by atoms with Gasteiger partial charge in [0.25, 0.3) is 0 Å². The van der Waals surface area contributed by atoms with Crippen LogP contribution in [0.4, 0.5) is 5.69 Å². The van der Waals surface area contributed by atoms with E-state index in [0.29, 0.717) is 40.9 Å². The number of carbonyl (C=O) groups excluding carboxylic acids is 1. The fourth-order valence-corrected chi connectivity index (χ4v) is 4.10. The van der Waals surface area contributed by atoms with Gasteiger partial charge in [0.15, 0.2) is 11.5 Å². The van der Waals surface area contributed by atoms with Crippen LogP contribution in [0.1, 0.15) is 38.7 Å². The molecule has 2 atom stereocenters. The molecule has 1 N–H and O–H groups in total. The Kier molecular flexibility index (Phi) is 8.38. The lowest BCUT2D eigenvalue weighted by atomic mass is 9.98. The lowest BCUT2D eigenvalue weighted by Crippen LogP contribution is -2.45. The number of ether oxygens (including phenoxy) is 2. The number of rotatable bonds is 8. The Hall–Kier alpha value is -2.50. The second-order valence-corrected chi connectivity index (χ2v) is 8.39. The van der Waals surface area contributed by atoms with Gasteiger partial charge in [0.05, 0.1) is 7.11 Å². The molecule has 166 valence electrons. The van der Waals surface area contributed by atoms with Crippen LogP contribution in [-0.2, 0) is 4.79 Å². The molecular formula is C25H31ClN2O3. The molecule has 6 heteroatoms. The number of anilines is 1. The lowest BCUT2D eigenvalue weighted by molar-refractivity contribution is -0.111. The van der Waals surface area contributed by atoms with Crippen LogP contribution in [0.3, 0.4) is 0 Å². The standard InChI is InChI=1S/C25H31ClN2O3/c1-18-5-4-6-19(2)28(18)15-16-31-24-17-22(12-13-23(24)30-3)27-25(29)14-9-20-7-10-21(26)11-8-20/h7-14,17-19H,4-6,15-16H2,1-3H3,(H,27,29). The van der Waals surface area contributed by atoms with E-state index < -0.39 is 0 Å². The number of amides is 1. The van der Waals surface area contributed by atoms with Gasteiger partial charge in [-0.15, -0.1) is 0 Å². The highest BCUT2D eigenvalue weighted by atomic mass is 35.5. The number of halogens is 1. The largest absolute Gasteiger partial charge is 0.493 e. The van der Waals surface area contributed by atoms with E-state index in [4.69, 9.17) is 21.1 Å². The molecule has 5 nitrogen and oxygen atoms in total. The van der Waals surface area contributed by atoms with Gasteiger partial charge in [0.2, 0.25) is 5.91 Å². The van der Waals surface area contributed by atoms with Crippen molar-refractivity contribution in [2.45, 2.75) is 45.2 Å². The smallest absolute Gasteiger partial charge is 0.248 e. The third-order valence-electron chi connectivity index (χ3n) is 5.71. The molecule has 2 aromatic rings. The number of nitrogens with one attached hydrogen (secondary N) is 1. The van der Waals surface area contributed by atoms with Crippen molar-refractivity contribution >= 4 is 29.3 Å². The normalized spacial score (nSPS) is 19.4. The number of hydrogen-bond donors (Lipinski definition) is 1. The summed E-state index contributed by atoms with van der Waals surface area (Å²) in [5.74, 6) is 1.05. The van der Waals surface area contributed by atoms with Gasteiger partial charge in [-0.1, -0.05) is 30.2 Å². The average molecular weight is 443 g/mol. The van der Waals surface area contributed by atoms with Gasteiger partial charge < -0.3 is 14.8 Å². The maximum absolute atomic E-state index is 12.3. The highest BCUT2D eigenvalue weighted by Crippen LogP contribution is 2.30. The van der Waals surface area contributed by atoms with Crippen LogP contribution in [-0.4, -0.2) is 43.2 Å². The van der Waals surface area contributed by atoms with E-state index in [1.54, 1.807) is 43.5 Å². The predicted molar refractivity (Wildman–Crippen MR) is 127 cm³/mol. The molecule has 1 aliphatic rings. The highest BCUT2D eigenvalue weighted by molar-refractivity contribution is 6.30. The van der Waals surface area contributed by atoms with Gasteiger partial charge in [0.1, 0.15) is 6.61 Å². The van der Waals surface area contributed by atoms with Gasteiger partial charge >= 0.3 is 0 Å². The molecule has 1 heterocycles. The van der Waals surface area contributed by atoms with Gasteiger partial charge in [0, 0.05) is 41.5 Å². The monoisotopic (exact) mass is 442 g/mol. The van der Waals surface area contributed by atoms with Crippen LogP contribution >= 0.6 is 11.6 Å². The van der Waals surface area contributed by atoms with Crippen molar-refractivity contribution in [3.05, 3.63) is 59.1 Å². The Morgan fingerprint density at radius 2 is 1.84 bits per heavy atom. The molecule has 0 spiro atoms. The van der Waals surface area contributed by atoms with Gasteiger partial charge in [-0.25, -0.2) is 0 Å². The average Bonchev–Trinajstić information content (AvgIpc) is 2.75. The fraction of sp³-hybridized carbons (Fsp3) is 0.400. The summed E-state index contributed by atoms with van der Waals surface area (Å²) in [6.45, 7) is 6.00. The van der Waals surface area contributed by atoms with Crippen LogP contribution in [0.15, 0.2) is 48.5 Å². The highest BCUT2D eigenvalue weighted by Gasteiger charge is 2.24. The first kappa shape index (κ1) is 23.2. The van der Waals surface area contributed by atoms with Crippen LogP contribution in [0, 0.1) is 0 Å². The van der Waals surface area contributed by atoms with E-state index >= 15 is 0 Å². The summed E-state index contributed by atoms with van der Waals surface area (Å²) in [4.78, 5) is 14.8. The maximum Gasteiger partial charge on any atom is 0.248 e. The van der Waals surface area contributed by atoms with Gasteiger partial charge in [-0.05, 0) is 62.6 Å². The Morgan fingerprint density at radius 3 is 2.52 bits per heavy atom. The van der Waals surface area contributed by atoms with E-state index in [9.17, 15) is 4.79 Å². The van der Waals surface area contributed by atoms with Crippen molar-refractivity contribution in [3.8, 4) is 11.5 Å². The minimum absolute atomic E-state index is 0.220. The van der Waals surface area contributed by atoms with Crippen LogP contribution in [0.5, 0.6) is 11.5 Å². The van der Waals surface area contributed by atoms with Crippen molar-refractivity contribution in [3.63, 3.8) is 0 Å². The Balaban J connectivity index is 1.59. The molecular weight excluding hydrogens is 412 g/mol. The van der Waals surface area contributed by atoms with Crippen molar-refractivity contribution in [2.75, 3.05) is 25.6 Å². The number of piperidine rings is 1. The predicted octanol–water partition coefficient (Wildman–Crippen LogP) is 5.64. The number of hydrogen-bond acceptors (Lipinski definition) is 4. The first-order valence-electron chi connectivity index (χ1n) is 10.8. The summed E-state index contributed by atoms with van der Waals surface area (Å²) in [7, 11) is 1.62. The molecule has 0 aliphatic carbocycles. The molecule has 1 saturated heterocycles. The minimum Gasteiger partial charge on any atom is -0.493 e. The topological polar surface area (TPSA) is 50.8 Å². The van der Waals surface area contributed by atoms with E-state index in [1.165, 1.54) is 25.3 Å². The zero-order valence-corrected chi connectivity index (χ0v) is 19.2. The quantitative estimate of drug-likeness (QED) is 0.537. The van der Waals surface area contributed by atoms with Crippen LogP contribution in [0.2, 0.25) is 5.02 Å². The Bertz CT molecular complexity index is 888. The van der Waals surface area contributed by atoms with Crippen molar-refractivity contribution in [1.29, 1.82) is 0 Å². The zero-order valence-electron chi connectivity index (χ0n) is 18.4. The summed E-state index contributed by atoms with van der Waals surface area (Å²) < 4.78 is 11.5. The number of carbonyl (C=O) groups is 1. The molecule has 31 heavy (non-hydrogen) atoms. The van der Waals surface area contributed by atoms with Crippen molar-refractivity contribution in [2.24, 2.45) is 0 Å². The molecule has 0 saturated carbocycles. The van der Waals surface area contributed by atoms with Gasteiger partial charge in [-0.3, -0.25) is 9.69 Å². The van der Waals surface area contributed by atoms with Crippen molar-refractivity contribution < 1.29 is 14.3 Å². The Labute approximate surface area is 190 Å². The number of benzene rings is 2. The molecule has 0 radical (unpaired) electrons. The molecule has 0 aromatic heterocycles. The molecule has 1 aliphatic heterocycles. The van der Waals surface area contributed by atoms with Crippen molar-refractivity contribution in [1.82, 2.24) is 4.90 Å². The minimum atomic E-state index is -0.220. The summed E-state index contributed by atoms with van der Waals surface area (Å²) in [6.07, 6.45) is 7.00. The second kappa shape index (κ2) is 11.2. The first-order valence-corrected chi connectivity index (χ1v) is 11.2. The van der Waals surface area contributed by atoms with Crippen LogP contribution in [0.25, 0.3) is 6.08 Å². The number of nitrogens with zero attached hydrogens (tertiary/aromatic N) is 1. The summed E-state index contributed by atoms with van der Waals surface area (Å²) in [6, 6.07) is 13.9. The third kappa shape index (κ3) is 6.74. The van der Waals surface area contributed by atoms with Gasteiger partial charge in [-0.2, -0.15) is 0 Å². The SMILES string of the molecule is COc1ccc(NC(=O)C=Cc2ccc(Cl)cc2)cc1OCCN1C(C)CCCC1C. The Morgan fingerprint density at radius 1 is 1.13 bits per heavy atom.